The lowest BCUT2D eigenvalue weighted by molar-refractivity contribution is 0.663. The van der Waals surface area contributed by atoms with Crippen LogP contribution in [0.5, 0.6) is 0 Å². The van der Waals surface area contributed by atoms with Gasteiger partial charge in [-0.1, -0.05) is 29.8 Å². The summed E-state index contributed by atoms with van der Waals surface area (Å²) in [5, 5.41) is 3.47. The van der Waals surface area contributed by atoms with Gasteiger partial charge in [0, 0.05) is 17.8 Å². The number of rotatable bonds is 3. The molecule has 0 atom stereocenters. The molecule has 1 aliphatic carbocycles. The Bertz CT molecular complexity index is 578. The number of hydrogen-bond donors (Lipinski definition) is 1. The Balaban J connectivity index is 1.77. The summed E-state index contributed by atoms with van der Waals surface area (Å²) in [4.78, 5) is 8.81. The molecule has 1 aliphatic rings. The Hall–Kier alpha value is -1.90. The molecular weight excluding hydrogens is 234 g/mol. The van der Waals surface area contributed by atoms with Gasteiger partial charge in [0.05, 0.1) is 0 Å². The van der Waals surface area contributed by atoms with Gasteiger partial charge in [0.2, 0.25) is 0 Å². The topological polar surface area (TPSA) is 37.8 Å². The smallest absolute Gasteiger partial charge is 0.133 e. The van der Waals surface area contributed by atoms with Crippen LogP contribution in [-0.4, -0.2) is 9.97 Å². The summed E-state index contributed by atoms with van der Waals surface area (Å²) in [6.45, 7) is 2.95. The summed E-state index contributed by atoms with van der Waals surface area (Å²) in [7, 11) is 0. The highest BCUT2D eigenvalue weighted by Crippen LogP contribution is 2.24. The highest BCUT2D eigenvalue weighted by molar-refractivity contribution is 5.47. The summed E-state index contributed by atoms with van der Waals surface area (Å²) >= 11 is 0. The maximum absolute atomic E-state index is 4.41. The summed E-state index contributed by atoms with van der Waals surface area (Å²) in [6, 6.07) is 8.58. The first-order chi connectivity index (χ1) is 9.33. The molecule has 0 spiro atoms. The maximum atomic E-state index is 4.41. The van der Waals surface area contributed by atoms with Crippen LogP contribution in [0.4, 0.5) is 5.82 Å². The van der Waals surface area contributed by atoms with Gasteiger partial charge >= 0.3 is 0 Å². The number of fused-ring (bicyclic) bond motifs is 1. The third-order valence-electron chi connectivity index (χ3n) is 3.67. The van der Waals surface area contributed by atoms with Crippen molar-refractivity contribution in [2.24, 2.45) is 0 Å². The lowest BCUT2D eigenvalue weighted by atomic mass is 9.96. The Morgan fingerprint density at radius 3 is 2.95 bits per heavy atom. The van der Waals surface area contributed by atoms with E-state index >= 15 is 0 Å². The number of hydrogen-bond acceptors (Lipinski definition) is 3. The first-order valence-corrected chi connectivity index (χ1v) is 6.95. The maximum Gasteiger partial charge on any atom is 0.133 e. The second-order valence-electron chi connectivity index (χ2n) is 5.20. The Morgan fingerprint density at radius 1 is 1.16 bits per heavy atom. The van der Waals surface area contributed by atoms with Crippen LogP contribution >= 0.6 is 0 Å². The van der Waals surface area contributed by atoms with Gasteiger partial charge in [0.25, 0.3) is 0 Å². The van der Waals surface area contributed by atoms with Crippen LogP contribution in [0, 0.1) is 6.92 Å². The van der Waals surface area contributed by atoms with Crippen LogP contribution in [-0.2, 0) is 19.4 Å². The molecule has 19 heavy (non-hydrogen) atoms. The van der Waals surface area contributed by atoms with Crippen molar-refractivity contribution >= 4 is 5.82 Å². The second kappa shape index (κ2) is 5.39. The Kier molecular flexibility index (Phi) is 3.45. The summed E-state index contributed by atoms with van der Waals surface area (Å²) < 4.78 is 0. The average Bonchev–Trinajstić information content (AvgIpc) is 2.45. The molecule has 0 bridgehead atoms. The Labute approximate surface area is 114 Å². The molecule has 98 valence electrons. The van der Waals surface area contributed by atoms with E-state index in [9.17, 15) is 0 Å². The molecule has 0 saturated carbocycles. The monoisotopic (exact) mass is 253 g/mol. The van der Waals surface area contributed by atoms with E-state index in [1.165, 1.54) is 35.2 Å². The predicted octanol–water partition coefficient (Wildman–Crippen LogP) is 3.28. The number of aromatic nitrogens is 2. The SMILES string of the molecule is Cc1cccc(CNc2ncnc3c2CCCC3)c1. The van der Waals surface area contributed by atoms with Crippen molar-refractivity contribution in [3.63, 3.8) is 0 Å². The van der Waals surface area contributed by atoms with Crippen molar-refractivity contribution in [3.8, 4) is 0 Å². The van der Waals surface area contributed by atoms with Crippen molar-refractivity contribution in [2.45, 2.75) is 39.2 Å². The molecule has 0 unspecified atom stereocenters. The molecule has 1 aromatic carbocycles. The average molecular weight is 253 g/mol. The van der Waals surface area contributed by atoms with Crippen LogP contribution < -0.4 is 5.32 Å². The molecule has 0 saturated heterocycles. The van der Waals surface area contributed by atoms with Crippen LogP contribution in [0.3, 0.4) is 0 Å². The van der Waals surface area contributed by atoms with Crippen molar-refractivity contribution in [1.29, 1.82) is 0 Å². The minimum atomic E-state index is 0.825. The molecule has 0 aliphatic heterocycles. The van der Waals surface area contributed by atoms with E-state index in [0.717, 1.165) is 25.2 Å². The third kappa shape index (κ3) is 2.75. The second-order valence-corrected chi connectivity index (χ2v) is 5.20. The fraction of sp³-hybridized carbons (Fsp3) is 0.375. The van der Waals surface area contributed by atoms with Crippen molar-refractivity contribution in [3.05, 3.63) is 53.0 Å². The number of anilines is 1. The number of benzene rings is 1. The molecule has 3 nitrogen and oxygen atoms in total. The van der Waals surface area contributed by atoms with Gasteiger partial charge in [-0.3, -0.25) is 0 Å². The first-order valence-electron chi connectivity index (χ1n) is 6.95. The third-order valence-corrected chi connectivity index (χ3v) is 3.67. The highest BCUT2D eigenvalue weighted by Gasteiger charge is 2.14. The minimum absolute atomic E-state index is 0.825. The summed E-state index contributed by atoms with van der Waals surface area (Å²) in [5.74, 6) is 1.02. The van der Waals surface area contributed by atoms with Crippen molar-refractivity contribution in [2.75, 3.05) is 5.32 Å². The number of nitrogens with zero attached hydrogens (tertiary/aromatic N) is 2. The van der Waals surface area contributed by atoms with Gasteiger partial charge in [0.15, 0.2) is 0 Å². The largest absolute Gasteiger partial charge is 0.366 e. The van der Waals surface area contributed by atoms with Gasteiger partial charge in [-0.2, -0.15) is 0 Å². The Morgan fingerprint density at radius 2 is 2.05 bits per heavy atom. The van der Waals surface area contributed by atoms with E-state index in [1.807, 2.05) is 0 Å². The van der Waals surface area contributed by atoms with Crippen LogP contribution in [0.15, 0.2) is 30.6 Å². The van der Waals surface area contributed by atoms with Gasteiger partial charge in [-0.05, 0) is 38.2 Å². The normalized spacial score (nSPS) is 13.9. The molecule has 0 fully saturated rings. The molecule has 1 heterocycles. The summed E-state index contributed by atoms with van der Waals surface area (Å²) in [5.41, 5.74) is 5.14. The van der Waals surface area contributed by atoms with E-state index in [2.05, 4.69) is 46.5 Å². The fourth-order valence-corrected chi connectivity index (χ4v) is 2.68. The molecule has 0 radical (unpaired) electrons. The highest BCUT2D eigenvalue weighted by atomic mass is 15.0. The van der Waals surface area contributed by atoms with Gasteiger partial charge in [0.1, 0.15) is 12.1 Å². The van der Waals surface area contributed by atoms with E-state index in [0.29, 0.717) is 0 Å². The molecule has 3 heteroatoms. The number of nitrogens with one attached hydrogen (secondary N) is 1. The van der Waals surface area contributed by atoms with Crippen molar-refractivity contribution in [1.82, 2.24) is 9.97 Å². The predicted molar refractivity (Wildman–Crippen MR) is 77.2 cm³/mol. The quantitative estimate of drug-likeness (QED) is 0.912. The van der Waals surface area contributed by atoms with Gasteiger partial charge < -0.3 is 5.32 Å². The standard InChI is InChI=1S/C16H19N3/c1-12-5-4-6-13(9-12)10-17-16-14-7-2-3-8-15(14)18-11-19-16/h4-6,9,11H,2-3,7-8,10H2,1H3,(H,17,18,19). The van der Waals surface area contributed by atoms with E-state index in [-0.39, 0.29) is 0 Å². The van der Waals surface area contributed by atoms with E-state index in [4.69, 9.17) is 0 Å². The summed E-state index contributed by atoms with van der Waals surface area (Å²) in [6.07, 6.45) is 6.38. The molecule has 2 aromatic rings. The fourth-order valence-electron chi connectivity index (χ4n) is 2.68. The zero-order valence-electron chi connectivity index (χ0n) is 11.3. The lowest BCUT2D eigenvalue weighted by Gasteiger charge is -2.18. The van der Waals surface area contributed by atoms with E-state index < -0.39 is 0 Å². The number of aryl methyl sites for hydroxylation is 2. The van der Waals surface area contributed by atoms with Crippen LogP contribution in [0.1, 0.15) is 35.2 Å². The first kappa shape index (κ1) is 12.2. The molecule has 0 amide bonds. The molecule has 1 aromatic heterocycles. The zero-order valence-corrected chi connectivity index (χ0v) is 11.3. The van der Waals surface area contributed by atoms with Crippen LogP contribution in [0.25, 0.3) is 0 Å². The van der Waals surface area contributed by atoms with Gasteiger partial charge in [-0.15, -0.1) is 0 Å². The molecular formula is C16H19N3. The molecule has 3 rings (SSSR count). The lowest BCUT2D eigenvalue weighted by Crippen LogP contribution is -2.12. The van der Waals surface area contributed by atoms with Crippen molar-refractivity contribution < 1.29 is 0 Å². The molecule has 1 N–H and O–H groups in total. The van der Waals surface area contributed by atoms with E-state index in [1.54, 1.807) is 6.33 Å². The van der Waals surface area contributed by atoms with Gasteiger partial charge in [-0.25, -0.2) is 9.97 Å². The zero-order chi connectivity index (χ0) is 13.1. The minimum Gasteiger partial charge on any atom is -0.366 e. The van der Waals surface area contributed by atoms with Crippen LogP contribution in [0.2, 0.25) is 0 Å².